The van der Waals surface area contributed by atoms with Crippen LogP contribution in [0, 0.1) is 25.9 Å². The largest absolute Gasteiger partial charge is 0.450 e. The van der Waals surface area contributed by atoms with E-state index < -0.39 is 17.8 Å². The molecule has 1 atom stereocenters. The highest BCUT2D eigenvalue weighted by Gasteiger charge is 2.34. The smallest absolute Gasteiger partial charge is 0.419 e. The normalized spacial score (nSPS) is 15.3. The second-order valence-electron chi connectivity index (χ2n) is 8.92. The number of aryl methyl sites for hydroxylation is 2. The summed E-state index contributed by atoms with van der Waals surface area (Å²) < 4.78 is 43.6. The van der Waals surface area contributed by atoms with Crippen LogP contribution in [0.1, 0.15) is 26.6 Å². The van der Waals surface area contributed by atoms with Gasteiger partial charge in [0.15, 0.2) is 5.13 Å². The van der Waals surface area contributed by atoms with Crippen molar-refractivity contribution in [3.8, 4) is 22.6 Å². The van der Waals surface area contributed by atoms with Crippen molar-refractivity contribution in [3.63, 3.8) is 0 Å². The lowest BCUT2D eigenvalue weighted by Gasteiger charge is -2.39. The van der Waals surface area contributed by atoms with Gasteiger partial charge in [-0.05, 0) is 31.9 Å². The molecule has 0 bridgehead atoms. The van der Waals surface area contributed by atoms with E-state index in [1.54, 1.807) is 33.3 Å². The van der Waals surface area contributed by atoms with Crippen molar-refractivity contribution in [2.24, 2.45) is 0 Å². The number of pyridine rings is 1. The SMILES string of the molecule is COC#CC1CN(c2ncc(C(F)(F)F)cn2)CCN1C(=O)c1ccc(Nc2nc(-c3sc(C)nc3C)cs2)nc1. The van der Waals surface area contributed by atoms with E-state index >= 15 is 0 Å². The van der Waals surface area contributed by atoms with E-state index in [2.05, 4.69) is 42.3 Å². The fraction of sp³-hybridized carbons (Fsp3) is 0.308. The van der Waals surface area contributed by atoms with E-state index in [9.17, 15) is 18.0 Å². The van der Waals surface area contributed by atoms with Crippen molar-refractivity contribution < 1.29 is 22.7 Å². The minimum atomic E-state index is -4.53. The third kappa shape index (κ3) is 6.39. The highest BCUT2D eigenvalue weighted by molar-refractivity contribution is 7.16. The van der Waals surface area contributed by atoms with E-state index in [1.165, 1.54) is 24.6 Å². The van der Waals surface area contributed by atoms with Crippen molar-refractivity contribution >= 4 is 45.5 Å². The standard InChI is InChI=1S/C26H23F3N8O2S2/c1-15-22(41-16(2)33-15)20-14-40-25(34-20)35-21-5-4-17(10-30-21)23(38)37-8-7-36(13-19(37)6-9-39-3)24-31-11-18(12-32-24)26(27,28)29/h4-5,10-12,14,19H,7-8,13H2,1-3H3,(H,30,34,35). The van der Waals surface area contributed by atoms with E-state index in [1.807, 2.05) is 19.2 Å². The van der Waals surface area contributed by atoms with Gasteiger partial charge in [0.2, 0.25) is 5.95 Å². The first kappa shape index (κ1) is 28.2. The molecule has 0 spiro atoms. The Hall–Kier alpha value is -4.29. The summed E-state index contributed by atoms with van der Waals surface area (Å²) in [5.41, 5.74) is 1.20. The first-order chi connectivity index (χ1) is 19.6. The number of thiazole rings is 2. The van der Waals surface area contributed by atoms with E-state index in [-0.39, 0.29) is 24.9 Å². The van der Waals surface area contributed by atoms with Crippen LogP contribution in [0.3, 0.4) is 0 Å². The third-order valence-electron chi connectivity index (χ3n) is 6.10. The van der Waals surface area contributed by atoms with Gasteiger partial charge in [-0.25, -0.2) is 24.9 Å². The van der Waals surface area contributed by atoms with Gasteiger partial charge >= 0.3 is 6.18 Å². The summed E-state index contributed by atoms with van der Waals surface area (Å²) in [5, 5.41) is 6.76. The lowest BCUT2D eigenvalue weighted by Crippen LogP contribution is -2.55. The zero-order valence-electron chi connectivity index (χ0n) is 22.1. The summed E-state index contributed by atoms with van der Waals surface area (Å²) in [5.74, 6) is 3.24. The molecule has 10 nitrogen and oxygen atoms in total. The van der Waals surface area contributed by atoms with Gasteiger partial charge in [0.05, 0.1) is 46.1 Å². The molecule has 15 heteroatoms. The Labute approximate surface area is 241 Å². The lowest BCUT2D eigenvalue weighted by molar-refractivity contribution is -0.138. The van der Waals surface area contributed by atoms with E-state index in [0.717, 1.165) is 33.7 Å². The second-order valence-corrected chi connectivity index (χ2v) is 11.0. The zero-order valence-corrected chi connectivity index (χ0v) is 23.7. The molecule has 212 valence electrons. The Kier molecular flexibility index (Phi) is 8.04. The number of aromatic nitrogens is 5. The van der Waals surface area contributed by atoms with Crippen molar-refractivity contribution in [1.82, 2.24) is 29.8 Å². The molecule has 0 radical (unpaired) electrons. The van der Waals surface area contributed by atoms with E-state index in [4.69, 9.17) is 4.74 Å². The average Bonchev–Trinajstić information content (AvgIpc) is 3.56. The fourth-order valence-electron chi connectivity index (χ4n) is 4.16. The molecule has 0 saturated carbocycles. The van der Waals surface area contributed by atoms with E-state index in [0.29, 0.717) is 23.1 Å². The molecular formula is C26H23F3N8O2S2. The monoisotopic (exact) mass is 600 g/mol. The first-order valence-electron chi connectivity index (χ1n) is 12.2. The van der Waals surface area contributed by atoms with Crippen molar-refractivity contribution in [2.75, 3.05) is 37.0 Å². The van der Waals surface area contributed by atoms with Gasteiger partial charge in [-0.3, -0.25) is 4.79 Å². The van der Waals surface area contributed by atoms with Crippen molar-refractivity contribution in [3.05, 3.63) is 57.9 Å². The van der Waals surface area contributed by atoms with Crippen molar-refractivity contribution in [2.45, 2.75) is 26.1 Å². The summed E-state index contributed by atoms with van der Waals surface area (Å²) in [6, 6.07) is 2.74. The number of nitrogens with one attached hydrogen (secondary N) is 1. The number of piperazine rings is 1. The van der Waals surface area contributed by atoms with Crippen LogP contribution in [-0.2, 0) is 10.9 Å². The minimum absolute atomic E-state index is 0.123. The van der Waals surface area contributed by atoms with Crippen LogP contribution >= 0.6 is 22.7 Å². The number of halogens is 3. The number of anilines is 3. The summed E-state index contributed by atoms with van der Waals surface area (Å²) in [6.07, 6.45) is 0.942. The van der Waals surface area contributed by atoms with Gasteiger partial charge < -0.3 is 19.9 Å². The number of ether oxygens (including phenoxy) is 1. The molecule has 1 fully saturated rings. The minimum Gasteiger partial charge on any atom is -0.450 e. The Balaban J connectivity index is 1.26. The topological polar surface area (TPSA) is 109 Å². The second kappa shape index (κ2) is 11.7. The van der Waals surface area contributed by atoms with Gasteiger partial charge in [0.1, 0.15) is 18.0 Å². The predicted molar refractivity (Wildman–Crippen MR) is 149 cm³/mol. The molecule has 4 aromatic rings. The summed E-state index contributed by atoms with van der Waals surface area (Å²) >= 11 is 3.03. The Morgan fingerprint density at radius 3 is 2.54 bits per heavy atom. The van der Waals surface area contributed by atoms with Crippen LogP contribution < -0.4 is 10.2 Å². The fourth-order valence-corrected chi connectivity index (χ4v) is 5.83. The number of alkyl halides is 3. The van der Waals surface area contributed by atoms with Gasteiger partial charge in [0, 0.05) is 37.1 Å². The summed E-state index contributed by atoms with van der Waals surface area (Å²) in [6.45, 7) is 4.65. The number of amides is 1. The van der Waals surface area contributed by atoms with Crippen LogP contribution in [0.5, 0.6) is 0 Å². The lowest BCUT2D eigenvalue weighted by atomic mass is 10.1. The molecule has 1 aliphatic rings. The summed E-state index contributed by atoms with van der Waals surface area (Å²) in [4.78, 5) is 38.9. The molecular weight excluding hydrogens is 577 g/mol. The molecule has 41 heavy (non-hydrogen) atoms. The molecule has 1 aliphatic heterocycles. The zero-order chi connectivity index (χ0) is 29.1. The molecule has 1 N–H and O–H groups in total. The highest BCUT2D eigenvalue weighted by atomic mass is 32.1. The van der Waals surface area contributed by atoms with Gasteiger partial charge in [0.25, 0.3) is 5.91 Å². The number of methoxy groups -OCH3 is 1. The molecule has 0 aromatic carbocycles. The Morgan fingerprint density at radius 1 is 1.12 bits per heavy atom. The molecule has 5 rings (SSSR count). The Bertz CT molecular complexity index is 1590. The summed E-state index contributed by atoms with van der Waals surface area (Å²) in [7, 11) is 1.40. The average molecular weight is 601 g/mol. The quantitative estimate of drug-likeness (QED) is 0.324. The number of hydrogen-bond acceptors (Lipinski definition) is 11. The number of hydrogen-bond donors (Lipinski definition) is 1. The molecule has 1 amide bonds. The van der Waals surface area contributed by atoms with Crippen LogP contribution in [0.2, 0.25) is 0 Å². The van der Waals surface area contributed by atoms with Gasteiger partial charge in [-0.2, -0.15) is 13.2 Å². The predicted octanol–water partition coefficient (Wildman–Crippen LogP) is 4.77. The van der Waals surface area contributed by atoms with Crippen LogP contribution in [-0.4, -0.2) is 68.5 Å². The molecule has 5 heterocycles. The highest BCUT2D eigenvalue weighted by Crippen LogP contribution is 2.33. The number of nitrogens with zero attached hydrogens (tertiary/aromatic N) is 7. The molecule has 0 aliphatic carbocycles. The van der Waals surface area contributed by atoms with Gasteiger partial charge in [-0.1, -0.05) is 0 Å². The number of carbonyl (C=O) groups is 1. The van der Waals surface area contributed by atoms with Crippen LogP contribution in [0.4, 0.5) is 30.1 Å². The third-order valence-corrected chi connectivity index (χ3v) is 7.96. The van der Waals surface area contributed by atoms with Crippen LogP contribution in [0.25, 0.3) is 10.6 Å². The van der Waals surface area contributed by atoms with Crippen LogP contribution in [0.15, 0.2) is 36.1 Å². The number of rotatable bonds is 5. The molecule has 1 unspecified atom stereocenters. The maximum Gasteiger partial charge on any atom is 0.419 e. The molecule has 4 aromatic heterocycles. The maximum absolute atomic E-state index is 13.4. The van der Waals surface area contributed by atoms with Gasteiger partial charge in [-0.15, -0.1) is 22.7 Å². The molecule has 1 saturated heterocycles. The Morgan fingerprint density at radius 2 is 1.90 bits per heavy atom. The van der Waals surface area contributed by atoms with Crippen molar-refractivity contribution in [1.29, 1.82) is 0 Å². The number of carbonyl (C=O) groups excluding carboxylic acids is 1. The first-order valence-corrected chi connectivity index (χ1v) is 13.9. The maximum atomic E-state index is 13.4.